The number of nitro groups is 1. The Bertz CT molecular complexity index is 616. The van der Waals surface area contributed by atoms with E-state index in [0.29, 0.717) is 10.9 Å². The molecular weight excluding hydrogens is 359 g/mol. The van der Waals surface area contributed by atoms with Gasteiger partial charge in [0.1, 0.15) is 10.2 Å². The zero-order valence-electron chi connectivity index (χ0n) is 9.32. The molecule has 100 valence electrons. The first kappa shape index (κ1) is 14.2. The molecule has 1 aromatic heterocycles. The van der Waals surface area contributed by atoms with Crippen molar-refractivity contribution in [3.05, 3.63) is 53.9 Å². The maximum absolute atomic E-state index is 13.5. The Morgan fingerprint density at radius 1 is 1.47 bits per heavy atom. The molecule has 2 rings (SSSR count). The van der Waals surface area contributed by atoms with Gasteiger partial charge in [0.05, 0.1) is 10.6 Å². The Kier molecular flexibility index (Phi) is 4.38. The number of rotatable bonds is 4. The zero-order valence-corrected chi connectivity index (χ0v) is 12.5. The molecule has 0 saturated carbocycles. The lowest BCUT2D eigenvalue weighted by Gasteiger charge is -2.05. The number of halogens is 3. The molecule has 0 radical (unpaired) electrons. The van der Waals surface area contributed by atoms with E-state index in [-0.39, 0.29) is 11.4 Å². The zero-order chi connectivity index (χ0) is 14.0. The van der Waals surface area contributed by atoms with Gasteiger partial charge in [-0.2, -0.15) is 0 Å². The second-order valence-electron chi connectivity index (χ2n) is 3.61. The highest BCUT2D eigenvalue weighted by atomic mass is 79.9. The van der Waals surface area contributed by atoms with Crippen LogP contribution in [0.15, 0.2) is 28.7 Å². The van der Waals surface area contributed by atoms with Gasteiger partial charge in [0, 0.05) is 28.0 Å². The van der Waals surface area contributed by atoms with Crippen LogP contribution in [0.2, 0.25) is 4.34 Å². The molecule has 0 atom stereocenters. The average Bonchev–Trinajstić information content (AvgIpc) is 2.67. The summed E-state index contributed by atoms with van der Waals surface area (Å²) in [7, 11) is 0. The molecule has 0 aliphatic heterocycles. The van der Waals surface area contributed by atoms with Gasteiger partial charge in [-0.15, -0.1) is 11.3 Å². The van der Waals surface area contributed by atoms with Gasteiger partial charge in [-0.25, -0.2) is 4.39 Å². The minimum Gasteiger partial charge on any atom is -0.378 e. The van der Waals surface area contributed by atoms with Crippen molar-refractivity contribution in [3.63, 3.8) is 0 Å². The fraction of sp³-hybridized carbons (Fsp3) is 0.0909. The molecule has 0 aliphatic rings. The lowest BCUT2D eigenvalue weighted by Crippen LogP contribution is -2.01. The Balaban J connectivity index is 2.14. The number of nitro benzene ring substituents is 1. The van der Waals surface area contributed by atoms with Crippen molar-refractivity contribution in [2.24, 2.45) is 0 Å². The normalized spacial score (nSPS) is 10.5. The van der Waals surface area contributed by atoms with Crippen LogP contribution in [0.4, 0.5) is 15.8 Å². The van der Waals surface area contributed by atoms with Crippen LogP contribution in [0.25, 0.3) is 0 Å². The van der Waals surface area contributed by atoms with Crippen LogP contribution in [0, 0.1) is 15.9 Å². The number of thiophene rings is 1. The standard InChI is InChI=1S/C11H7BrClFN2O2S/c12-8-4-7(19-11(8)13)5-15-10-3-6(16(17)18)1-2-9(10)14/h1-4,15H,5H2. The Hall–Kier alpha value is -1.18. The molecule has 0 fully saturated rings. The van der Waals surface area contributed by atoms with Crippen LogP contribution in [0.3, 0.4) is 0 Å². The molecule has 0 unspecified atom stereocenters. The second-order valence-corrected chi connectivity index (χ2v) is 6.20. The Labute approximate surface area is 125 Å². The van der Waals surface area contributed by atoms with E-state index in [1.54, 1.807) is 0 Å². The molecule has 0 spiro atoms. The number of anilines is 1. The highest BCUT2D eigenvalue weighted by Crippen LogP contribution is 2.32. The van der Waals surface area contributed by atoms with Crippen molar-refractivity contribution in [3.8, 4) is 0 Å². The van der Waals surface area contributed by atoms with Gasteiger partial charge >= 0.3 is 0 Å². The van der Waals surface area contributed by atoms with Crippen LogP contribution >= 0.6 is 38.9 Å². The maximum Gasteiger partial charge on any atom is 0.271 e. The van der Waals surface area contributed by atoms with Crippen molar-refractivity contribution < 1.29 is 9.31 Å². The number of nitrogens with one attached hydrogen (secondary N) is 1. The average molecular weight is 366 g/mol. The number of hydrogen-bond acceptors (Lipinski definition) is 4. The smallest absolute Gasteiger partial charge is 0.271 e. The Morgan fingerprint density at radius 2 is 2.21 bits per heavy atom. The van der Waals surface area contributed by atoms with E-state index in [4.69, 9.17) is 11.6 Å². The molecular formula is C11H7BrClFN2O2S. The Morgan fingerprint density at radius 3 is 2.79 bits per heavy atom. The molecule has 0 aliphatic carbocycles. The first-order valence-electron chi connectivity index (χ1n) is 5.09. The van der Waals surface area contributed by atoms with E-state index in [0.717, 1.165) is 21.5 Å². The molecule has 0 saturated heterocycles. The van der Waals surface area contributed by atoms with Crippen LogP contribution in [0.5, 0.6) is 0 Å². The van der Waals surface area contributed by atoms with Crippen molar-refractivity contribution in [2.45, 2.75) is 6.54 Å². The molecule has 0 bridgehead atoms. The van der Waals surface area contributed by atoms with Gasteiger partial charge in [0.15, 0.2) is 0 Å². The quantitative estimate of drug-likeness (QED) is 0.624. The van der Waals surface area contributed by atoms with E-state index in [1.807, 2.05) is 6.07 Å². The van der Waals surface area contributed by atoms with Gasteiger partial charge < -0.3 is 5.32 Å². The van der Waals surface area contributed by atoms with Crippen LogP contribution in [-0.2, 0) is 6.54 Å². The fourth-order valence-electron chi connectivity index (χ4n) is 1.42. The van der Waals surface area contributed by atoms with Crippen molar-refractivity contribution in [1.29, 1.82) is 0 Å². The summed E-state index contributed by atoms with van der Waals surface area (Å²) in [4.78, 5) is 10.9. The predicted molar refractivity (Wildman–Crippen MR) is 77.4 cm³/mol. The highest BCUT2D eigenvalue weighted by Gasteiger charge is 2.11. The molecule has 1 heterocycles. The van der Waals surface area contributed by atoms with Gasteiger partial charge in [0.2, 0.25) is 0 Å². The van der Waals surface area contributed by atoms with Gasteiger partial charge in [-0.1, -0.05) is 11.6 Å². The summed E-state index contributed by atoms with van der Waals surface area (Å²) < 4.78 is 14.9. The minimum atomic E-state index is -0.566. The lowest BCUT2D eigenvalue weighted by atomic mass is 10.2. The summed E-state index contributed by atoms with van der Waals surface area (Å²) in [6.07, 6.45) is 0. The summed E-state index contributed by atoms with van der Waals surface area (Å²) in [6.45, 7) is 0.341. The third-order valence-corrected chi connectivity index (χ3v) is 4.78. The van der Waals surface area contributed by atoms with Gasteiger partial charge in [-0.3, -0.25) is 10.1 Å². The first-order valence-corrected chi connectivity index (χ1v) is 7.07. The monoisotopic (exact) mass is 364 g/mol. The summed E-state index contributed by atoms with van der Waals surface area (Å²) in [5.74, 6) is -0.535. The summed E-state index contributed by atoms with van der Waals surface area (Å²) in [5, 5.41) is 13.4. The number of hydrogen-bond donors (Lipinski definition) is 1. The summed E-state index contributed by atoms with van der Waals surface area (Å²) in [6, 6.07) is 5.17. The summed E-state index contributed by atoms with van der Waals surface area (Å²) in [5.41, 5.74) is -0.0656. The highest BCUT2D eigenvalue weighted by molar-refractivity contribution is 9.10. The second kappa shape index (κ2) is 5.85. The van der Waals surface area contributed by atoms with Gasteiger partial charge in [0.25, 0.3) is 5.69 Å². The van der Waals surface area contributed by atoms with E-state index in [2.05, 4.69) is 21.2 Å². The fourth-order valence-corrected chi connectivity index (χ4v) is 3.15. The van der Waals surface area contributed by atoms with E-state index in [1.165, 1.54) is 17.4 Å². The predicted octanol–water partition coefficient (Wildman–Crippen LogP) is 4.82. The molecule has 8 heteroatoms. The van der Waals surface area contributed by atoms with E-state index < -0.39 is 10.7 Å². The number of nitrogens with zero attached hydrogens (tertiary/aromatic N) is 1. The molecule has 2 aromatic rings. The topological polar surface area (TPSA) is 55.2 Å². The SMILES string of the molecule is O=[N+]([O-])c1ccc(F)c(NCc2cc(Br)c(Cl)s2)c1. The third kappa shape index (κ3) is 3.43. The van der Waals surface area contributed by atoms with Crippen LogP contribution in [0.1, 0.15) is 4.88 Å². The summed E-state index contributed by atoms with van der Waals surface area (Å²) >= 11 is 10.5. The minimum absolute atomic E-state index is 0.0924. The van der Waals surface area contributed by atoms with Crippen LogP contribution < -0.4 is 5.32 Å². The maximum atomic E-state index is 13.5. The van der Waals surface area contributed by atoms with Crippen molar-refractivity contribution in [1.82, 2.24) is 0 Å². The number of benzene rings is 1. The largest absolute Gasteiger partial charge is 0.378 e. The molecule has 1 aromatic carbocycles. The van der Waals surface area contributed by atoms with Crippen molar-refractivity contribution in [2.75, 3.05) is 5.32 Å². The van der Waals surface area contributed by atoms with Crippen LogP contribution in [-0.4, -0.2) is 4.92 Å². The van der Waals surface area contributed by atoms with E-state index in [9.17, 15) is 14.5 Å². The molecule has 1 N–H and O–H groups in total. The van der Waals surface area contributed by atoms with Gasteiger partial charge in [-0.05, 0) is 28.1 Å². The number of non-ortho nitro benzene ring substituents is 1. The molecule has 0 amide bonds. The first-order chi connectivity index (χ1) is 8.97. The third-order valence-electron chi connectivity index (χ3n) is 2.31. The molecule has 19 heavy (non-hydrogen) atoms. The van der Waals surface area contributed by atoms with Crippen molar-refractivity contribution >= 4 is 50.2 Å². The lowest BCUT2D eigenvalue weighted by molar-refractivity contribution is -0.384. The van der Waals surface area contributed by atoms with E-state index >= 15 is 0 Å². The molecule has 4 nitrogen and oxygen atoms in total.